The second-order valence-corrected chi connectivity index (χ2v) is 7.92. The summed E-state index contributed by atoms with van der Waals surface area (Å²) in [6.07, 6.45) is -3.52. The first kappa shape index (κ1) is 20.3. The first-order chi connectivity index (χ1) is 13.2. The van der Waals surface area contributed by atoms with Crippen molar-refractivity contribution >= 4 is 21.6 Å². The number of nitrogens with one attached hydrogen (secondary N) is 1. The van der Waals surface area contributed by atoms with Gasteiger partial charge in [0.25, 0.3) is 0 Å². The molecule has 0 saturated carbocycles. The highest BCUT2D eigenvalue weighted by Crippen LogP contribution is 2.27. The summed E-state index contributed by atoms with van der Waals surface area (Å²) in [7, 11) is -3.65. The second-order valence-electron chi connectivity index (χ2n) is 5.99. The van der Waals surface area contributed by atoms with Crippen molar-refractivity contribution in [2.45, 2.75) is 17.6 Å². The maximum atomic E-state index is 12.5. The number of ether oxygens (including phenoxy) is 1. The Hall–Kier alpha value is -2.44. The summed E-state index contributed by atoms with van der Waals surface area (Å²) in [4.78, 5) is 12.1. The quantitative estimate of drug-likeness (QED) is 0.796. The van der Waals surface area contributed by atoms with Crippen LogP contribution in [0.5, 0.6) is 0 Å². The summed E-state index contributed by atoms with van der Waals surface area (Å²) >= 11 is 0. The van der Waals surface area contributed by atoms with Crippen LogP contribution in [0.1, 0.15) is 5.69 Å². The molecule has 1 aliphatic heterocycles. The molecule has 28 heavy (non-hydrogen) atoms. The van der Waals surface area contributed by atoms with Gasteiger partial charge in [-0.1, -0.05) is 0 Å². The van der Waals surface area contributed by atoms with Gasteiger partial charge in [-0.2, -0.15) is 22.6 Å². The van der Waals surface area contributed by atoms with Crippen molar-refractivity contribution in [3.63, 3.8) is 0 Å². The molecule has 1 saturated heterocycles. The Morgan fingerprint density at radius 3 is 2.36 bits per heavy atom. The fourth-order valence-electron chi connectivity index (χ4n) is 2.59. The molecular formula is C16H17F3N4O4S. The molecular weight excluding hydrogens is 401 g/mol. The lowest BCUT2D eigenvalue weighted by Gasteiger charge is -2.26. The summed E-state index contributed by atoms with van der Waals surface area (Å²) in [5, 5.41) is 5.78. The van der Waals surface area contributed by atoms with Crippen LogP contribution in [0.2, 0.25) is 0 Å². The summed E-state index contributed by atoms with van der Waals surface area (Å²) < 4.78 is 69.9. The van der Waals surface area contributed by atoms with Gasteiger partial charge in [0, 0.05) is 25.0 Å². The first-order valence-corrected chi connectivity index (χ1v) is 9.69. The summed E-state index contributed by atoms with van der Waals surface area (Å²) in [5.74, 6) is -0.597. The molecule has 1 aromatic carbocycles. The molecule has 1 fully saturated rings. The number of sulfonamides is 1. The van der Waals surface area contributed by atoms with E-state index < -0.39 is 34.3 Å². The van der Waals surface area contributed by atoms with Crippen LogP contribution in [-0.4, -0.2) is 54.7 Å². The van der Waals surface area contributed by atoms with Gasteiger partial charge in [-0.3, -0.25) is 9.48 Å². The van der Waals surface area contributed by atoms with Crippen molar-refractivity contribution in [3.8, 4) is 0 Å². The lowest BCUT2D eigenvalue weighted by molar-refractivity contribution is -0.141. The van der Waals surface area contributed by atoms with E-state index in [-0.39, 0.29) is 18.0 Å². The monoisotopic (exact) mass is 418 g/mol. The topological polar surface area (TPSA) is 93.5 Å². The van der Waals surface area contributed by atoms with Crippen molar-refractivity contribution in [2.75, 3.05) is 31.6 Å². The number of amides is 1. The molecule has 1 N–H and O–H groups in total. The predicted molar refractivity (Wildman–Crippen MR) is 91.9 cm³/mol. The van der Waals surface area contributed by atoms with Gasteiger partial charge in [-0.15, -0.1) is 0 Å². The molecule has 1 aliphatic rings. The number of alkyl halides is 3. The number of carbonyl (C=O) groups is 1. The summed E-state index contributed by atoms with van der Waals surface area (Å²) in [6, 6.07) is 6.32. The van der Waals surface area contributed by atoms with Crippen LogP contribution in [-0.2, 0) is 32.3 Å². The Bertz CT molecular complexity index is 936. The molecule has 152 valence electrons. The van der Waals surface area contributed by atoms with Gasteiger partial charge >= 0.3 is 6.18 Å². The molecule has 2 heterocycles. The minimum atomic E-state index is -4.58. The van der Waals surface area contributed by atoms with Gasteiger partial charge in [-0.25, -0.2) is 8.42 Å². The van der Waals surface area contributed by atoms with Gasteiger partial charge in [0.05, 0.1) is 18.1 Å². The van der Waals surface area contributed by atoms with Crippen molar-refractivity contribution in [1.82, 2.24) is 14.1 Å². The molecule has 2 aromatic rings. The van der Waals surface area contributed by atoms with Crippen LogP contribution < -0.4 is 5.32 Å². The second kappa shape index (κ2) is 7.89. The SMILES string of the molecule is O=C(Cn1ccc(C(F)(F)F)n1)Nc1ccc(S(=O)(=O)N2CCOCC2)cc1. The van der Waals surface area contributed by atoms with Crippen molar-refractivity contribution < 1.29 is 31.1 Å². The smallest absolute Gasteiger partial charge is 0.379 e. The van der Waals surface area contributed by atoms with Gasteiger partial charge in [0.1, 0.15) is 6.54 Å². The molecule has 1 aromatic heterocycles. The van der Waals surface area contributed by atoms with Gasteiger partial charge in [0.2, 0.25) is 15.9 Å². The van der Waals surface area contributed by atoms with Crippen LogP contribution in [0.15, 0.2) is 41.4 Å². The number of hydrogen-bond acceptors (Lipinski definition) is 5. The highest BCUT2D eigenvalue weighted by Gasteiger charge is 2.33. The van der Waals surface area contributed by atoms with Crippen molar-refractivity contribution in [3.05, 3.63) is 42.2 Å². The van der Waals surface area contributed by atoms with Crippen LogP contribution >= 0.6 is 0 Å². The molecule has 12 heteroatoms. The standard InChI is InChI=1S/C16H17F3N4O4S/c17-16(18,19)14-5-6-22(21-14)11-15(24)20-12-1-3-13(4-2-12)28(25,26)23-7-9-27-10-8-23/h1-6H,7-11H2,(H,20,24). The van der Waals surface area contributed by atoms with Crippen molar-refractivity contribution in [1.29, 1.82) is 0 Å². The van der Waals surface area contributed by atoms with Gasteiger partial charge < -0.3 is 10.1 Å². The van der Waals surface area contributed by atoms with Crippen molar-refractivity contribution in [2.24, 2.45) is 0 Å². The minimum absolute atomic E-state index is 0.0781. The molecule has 0 radical (unpaired) electrons. The molecule has 8 nitrogen and oxygen atoms in total. The predicted octanol–water partition coefficient (Wildman–Crippen LogP) is 1.56. The third kappa shape index (κ3) is 4.69. The normalized spacial score (nSPS) is 16.1. The highest BCUT2D eigenvalue weighted by molar-refractivity contribution is 7.89. The maximum Gasteiger partial charge on any atom is 0.435 e. The highest BCUT2D eigenvalue weighted by atomic mass is 32.2. The molecule has 3 rings (SSSR count). The Labute approximate surface area is 158 Å². The molecule has 0 spiro atoms. The molecule has 1 amide bonds. The molecule has 0 unspecified atom stereocenters. The van der Waals surface area contributed by atoms with Crippen LogP contribution in [0.3, 0.4) is 0 Å². The van der Waals surface area contributed by atoms with E-state index in [1.165, 1.54) is 28.6 Å². The number of rotatable bonds is 5. The zero-order valence-electron chi connectivity index (χ0n) is 14.5. The van der Waals surface area contributed by atoms with E-state index in [4.69, 9.17) is 4.74 Å². The zero-order valence-corrected chi connectivity index (χ0v) is 15.3. The average molecular weight is 418 g/mol. The van der Waals surface area contributed by atoms with Crippen LogP contribution in [0.4, 0.5) is 18.9 Å². The third-order valence-electron chi connectivity index (χ3n) is 3.98. The van der Waals surface area contributed by atoms with E-state index >= 15 is 0 Å². The Balaban J connectivity index is 1.62. The molecule has 0 bridgehead atoms. The fourth-order valence-corrected chi connectivity index (χ4v) is 4.00. The maximum absolute atomic E-state index is 12.5. The molecule has 0 aliphatic carbocycles. The number of carbonyl (C=O) groups excluding carboxylic acids is 1. The largest absolute Gasteiger partial charge is 0.435 e. The van der Waals surface area contributed by atoms with E-state index in [9.17, 15) is 26.4 Å². The van der Waals surface area contributed by atoms with E-state index in [0.717, 1.165) is 16.9 Å². The number of morpholine rings is 1. The summed E-state index contributed by atoms with van der Waals surface area (Å²) in [6.45, 7) is 0.785. The van der Waals surface area contributed by atoms with E-state index in [2.05, 4.69) is 10.4 Å². The van der Waals surface area contributed by atoms with E-state index in [1.54, 1.807) is 0 Å². The number of hydrogen-bond donors (Lipinski definition) is 1. The summed E-state index contributed by atoms with van der Waals surface area (Å²) in [5.41, 5.74) is -0.771. The Morgan fingerprint density at radius 1 is 1.14 bits per heavy atom. The van der Waals surface area contributed by atoms with Crippen LogP contribution in [0, 0.1) is 0 Å². The Kier molecular flexibility index (Phi) is 5.72. The third-order valence-corrected chi connectivity index (χ3v) is 5.90. The fraction of sp³-hybridized carbons (Fsp3) is 0.375. The average Bonchev–Trinajstić information content (AvgIpc) is 3.11. The van der Waals surface area contributed by atoms with Crippen LogP contribution in [0.25, 0.3) is 0 Å². The number of nitrogens with zero attached hydrogens (tertiary/aromatic N) is 3. The lowest BCUT2D eigenvalue weighted by atomic mass is 10.3. The number of benzene rings is 1. The lowest BCUT2D eigenvalue weighted by Crippen LogP contribution is -2.40. The minimum Gasteiger partial charge on any atom is -0.379 e. The number of anilines is 1. The number of halogens is 3. The zero-order chi connectivity index (χ0) is 20.4. The molecule has 0 atom stereocenters. The first-order valence-electron chi connectivity index (χ1n) is 8.25. The van der Waals surface area contributed by atoms with E-state index in [0.29, 0.717) is 18.9 Å². The number of aromatic nitrogens is 2. The van der Waals surface area contributed by atoms with Gasteiger partial charge in [-0.05, 0) is 30.3 Å². The van der Waals surface area contributed by atoms with E-state index in [1.807, 2.05) is 0 Å². The Morgan fingerprint density at radius 2 is 1.79 bits per heavy atom. The van der Waals surface area contributed by atoms with Gasteiger partial charge in [0.15, 0.2) is 5.69 Å².